The minimum atomic E-state index is -0.238. The molecule has 1 heterocycles. The zero-order valence-electron chi connectivity index (χ0n) is 12.6. The maximum atomic E-state index is 12.7. The molecule has 0 bridgehead atoms. The average Bonchev–Trinajstić information content (AvgIpc) is 3.01. The summed E-state index contributed by atoms with van der Waals surface area (Å²) < 4.78 is 5.25. The highest BCUT2D eigenvalue weighted by molar-refractivity contribution is 7.13. The summed E-state index contributed by atoms with van der Waals surface area (Å²) in [4.78, 5) is 12.7. The van der Waals surface area contributed by atoms with E-state index in [4.69, 9.17) is 5.73 Å². The van der Waals surface area contributed by atoms with Crippen molar-refractivity contribution in [3.05, 3.63) is 59.8 Å². The number of aromatic nitrogens is 1. The van der Waals surface area contributed by atoms with Crippen LogP contribution in [0.5, 0.6) is 5.75 Å². The summed E-state index contributed by atoms with van der Waals surface area (Å²) in [5, 5.41) is 10.5. The van der Waals surface area contributed by atoms with E-state index in [0.717, 1.165) is 21.2 Å². The van der Waals surface area contributed by atoms with E-state index >= 15 is 0 Å². The molecule has 0 spiro atoms. The van der Waals surface area contributed by atoms with Crippen LogP contribution in [0.4, 0.5) is 0 Å². The van der Waals surface area contributed by atoms with Gasteiger partial charge < -0.3 is 10.8 Å². The summed E-state index contributed by atoms with van der Waals surface area (Å²) in [6.07, 6.45) is 2.81. The Balaban J connectivity index is 1.81. The molecular weight excluding hydrogens is 308 g/mol. The molecule has 4 nitrogen and oxygen atoms in total. The number of phenolic OH excluding ortho intramolecular Hbond substituents is 1. The second kappa shape index (κ2) is 6.89. The zero-order chi connectivity index (χ0) is 16.2. The van der Waals surface area contributed by atoms with E-state index in [1.165, 1.54) is 11.5 Å². The molecule has 5 heteroatoms. The summed E-state index contributed by atoms with van der Waals surface area (Å²) in [5.74, 6) is 0.103. The van der Waals surface area contributed by atoms with Crippen LogP contribution in [-0.2, 0) is 11.2 Å². The summed E-state index contributed by atoms with van der Waals surface area (Å²) in [5.41, 5.74) is 7.57. The monoisotopic (exact) mass is 326 g/mol. The van der Waals surface area contributed by atoms with Crippen molar-refractivity contribution in [3.63, 3.8) is 0 Å². The van der Waals surface area contributed by atoms with Gasteiger partial charge in [0.1, 0.15) is 11.5 Å². The highest BCUT2D eigenvalue weighted by Gasteiger charge is 2.20. The first kappa shape index (κ1) is 15.6. The summed E-state index contributed by atoms with van der Waals surface area (Å²) in [6, 6.07) is 12.8. The molecule has 3 N–H and O–H groups in total. The number of phenols is 1. The van der Waals surface area contributed by atoms with Crippen LogP contribution in [0.25, 0.3) is 10.1 Å². The number of carbonyl (C=O) groups is 1. The maximum Gasteiger partial charge on any atom is 0.144 e. The minimum absolute atomic E-state index is 0.144. The van der Waals surface area contributed by atoms with Gasteiger partial charge in [0.25, 0.3) is 0 Å². The lowest BCUT2D eigenvalue weighted by Gasteiger charge is -2.15. The van der Waals surface area contributed by atoms with E-state index in [1.54, 1.807) is 24.3 Å². The number of benzene rings is 2. The number of aromatic hydroxyl groups is 1. The van der Waals surface area contributed by atoms with Crippen LogP contribution in [0, 0.1) is 0 Å². The molecule has 2 aromatic carbocycles. The molecule has 0 saturated heterocycles. The van der Waals surface area contributed by atoms with Crippen molar-refractivity contribution in [2.75, 3.05) is 6.54 Å². The van der Waals surface area contributed by atoms with E-state index in [2.05, 4.69) is 4.37 Å². The Bertz CT molecular complexity index is 811. The Morgan fingerprint density at radius 3 is 2.74 bits per heavy atom. The first-order valence-electron chi connectivity index (χ1n) is 7.52. The van der Waals surface area contributed by atoms with Crippen LogP contribution in [0.15, 0.2) is 48.7 Å². The third-order valence-electron chi connectivity index (χ3n) is 3.94. The molecule has 1 unspecified atom stereocenters. The van der Waals surface area contributed by atoms with Gasteiger partial charge in [-0.1, -0.05) is 24.3 Å². The molecule has 0 radical (unpaired) electrons. The first-order chi connectivity index (χ1) is 11.2. The second-order valence-electron chi connectivity index (χ2n) is 5.56. The topological polar surface area (TPSA) is 76.2 Å². The standard InChI is InChI=1S/C18H18N2O2S/c19-8-7-16(13-3-5-15(21)6-4-13)17(22)9-12-1-2-14-11-20-23-18(14)10-12/h1-6,10-11,16,21H,7-9,19H2. The van der Waals surface area contributed by atoms with Gasteiger partial charge in [-0.25, -0.2) is 0 Å². The summed E-state index contributed by atoms with van der Waals surface area (Å²) in [6.45, 7) is 0.450. The molecule has 0 aliphatic heterocycles. The van der Waals surface area contributed by atoms with Crippen LogP contribution in [0.1, 0.15) is 23.5 Å². The van der Waals surface area contributed by atoms with Gasteiger partial charge >= 0.3 is 0 Å². The smallest absolute Gasteiger partial charge is 0.144 e. The number of nitrogens with zero attached hydrogens (tertiary/aromatic N) is 1. The highest BCUT2D eigenvalue weighted by atomic mass is 32.1. The van der Waals surface area contributed by atoms with Gasteiger partial charge in [0.2, 0.25) is 0 Å². The van der Waals surface area contributed by atoms with Crippen LogP contribution in [0.3, 0.4) is 0 Å². The van der Waals surface area contributed by atoms with E-state index in [1.807, 2.05) is 24.4 Å². The number of carbonyl (C=O) groups excluding carboxylic acids is 1. The first-order valence-corrected chi connectivity index (χ1v) is 8.30. The maximum absolute atomic E-state index is 12.7. The van der Waals surface area contributed by atoms with Gasteiger partial charge in [0.15, 0.2) is 0 Å². The number of Topliss-reactive ketones (excluding diaryl/α,β-unsaturated/α-hetero) is 1. The minimum Gasteiger partial charge on any atom is -0.508 e. The second-order valence-corrected chi connectivity index (χ2v) is 6.40. The van der Waals surface area contributed by atoms with Crippen molar-refractivity contribution in [2.24, 2.45) is 5.73 Å². The molecule has 0 fully saturated rings. The molecule has 1 aromatic heterocycles. The predicted molar refractivity (Wildman–Crippen MR) is 92.9 cm³/mol. The number of ketones is 1. The summed E-state index contributed by atoms with van der Waals surface area (Å²) >= 11 is 1.44. The third kappa shape index (κ3) is 3.57. The van der Waals surface area contributed by atoms with Crippen LogP contribution < -0.4 is 5.73 Å². The lowest BCUT2D eigenvalue weighted by atomic mass is 9.88. The molecule has 1 atom stereocenters. The normalized spacial score (nSPS) is 12.4. The Morgan fingerprint density at radius 2 is 2.00 bits per heavy atom. The van der Waals surface area contributed by atoms with Crippen molar-refractivity contribution in [2.45, 2.75) is 18.8 Å². The third-order valence-corrected chi connectivity index (χ3v) is 4.70. The van der Waals surface area contributed by atoms with Crippen molar-refractivity contribution in [1.29, 1.82) is 0 Å². The molecular formula is C18H18N2O2S. The quantitative estimate of drug-likeness (QED) is 0.729. The number of hydrogen-bond acceptors (Lipinski definition) is 5. The molecule has 118 valence electrons. The lowest BCUT2D eigenvalue weighted by molar-refractivity contribution is -0.120. The van der Waals surface area contributed by atoms with Crippen molar-refractivity contribution >= 4 is 27.4 Å². The number of fused-ring (bicyclic) bond motifs is 1. The van der Waals surface area contributed by atoms with E-state index in [-0.39, 0.29) is 17.5 Å². The Hall–Kier alpha value is -2.24. The molecule has 3 aromatic rings. The fraction of sp³-hybridized carbons (Fsp3) is 0.222. The van der Waals surface area contributed by atoms with Gasteiger partial charge in [0.05, 0.1) is 4.70 Å². The van der Waals surface area contributed by atoms with Gasteiger partial charge in [-0.15, -0.1) is 0 Å². The van der Waals surface area contributed by atoms with Crippen LogP contribution in [-0.4, -0.2) is 21.8 Å². The average molecular weight is 326 g/mol. The highest BCUT2D eigenvalue weighted by Crippen LogP contribution is 2.25. The van der Waals surface area contributed by atoms with Gasteiger partial charge in [-0.05, 0) is 53.8 Å². The fourth-order valence-corrected chi connectivity index (χ4v) is 3.44. The molecule has 3 rings (SSSR count). The van der Waals surface area contributed by atoms with Crippen LogP contribution in [0.2, 0.25) is 0 Å². The lowest BCUT2D eigenvalue weighted by Crippen LogP contribution is -2.18. The van der Waals surface area contributed by atoms with Crippen molar-refractivity contribution in [1.82, 2.24) is 4.37 Å². The fourth-order valence-electron chi connectivity index (χ4n) is 2.73. The van der Waals surface area contributed by atoms with Gasteiger partial charge in [-0.2, -0.15) is 4.37 Å². The van der Waals surface area contributed by atoms with E-state index < -0.39 is 0 Å². The van der Waals surface area contributed by atoms with Crippen molar-refractivity contribution < 1.29 is 9.90 Å². The summed E-state index contributed by atoms with van der Waals surface area (Å²) in [7, 11) is 0. The van der Waals surface area contributed by atoms with Gasteiger partial charge in [0, 0.05) is 23.9 Å². The molecule has 0 saturated carbocycles. The number of nitrogens with two attached hydrogens (primary N) is 1. The van der Waals surface area contributed by atoms with Crippen molar-refractivity contribution in [3.8, 4) is 5.75 Å². The zero-order valence-corrected chi connectivity index (χ0v) is 13.4. The molecule has 0 aliphatic carbocycles. The predicted octanol–water partition coefficient (Wildman–Crippen LogP) is 3.25. The molecule has 23 heavy (non-hydrogen) atoms. The van der Waals surface area contributed by atoms with Crippen LogP contribution >= 0.6 is 11.5 Å². The number of rotatable bonds is 6. The SMILES string of the molecule is NCCC(C(=O)Cc1ccc2cnsc2c1)c1ccc(O)cc1. The molecule has 0 aliphatic rings. The largest absolute Gasteiger partial charge is 0.508 e. The van der Waals surface area contributed by atoms with E-state index in [0.29, 0.717) is 19.4 Å². The molecule has 0 amide bonds. The van der Waals surface area contributed by atoms with Gasteiger partial charge in [-0.3, -0.25) is 4.79 Å². The Labute approximate surface area is 138 Å². The Morgan fingerprint density at radius 1 is 1.22 bits per heavy atom. The van der Waals surface area contributed by atoms with E-state index in [9.17, 15) is 9.90 Å². The number of hydrogen-bond donors (Lipinski definition) is 2. The Kier molecular flexibility index (Phi) is 4.69.